The Hall–Kier alpha value is -3.07. The van der Waals surface area contributed by atoms with Crippen molar-refractivity contribution in [2.45, 2.75) is 32.1 Å². The molecule has 1 aliphatic carbocycles. The molecule has 0 saturated heterocycles. The third-order valence-corrected chi connectivity index (χ3v) is 5.60. The first-order chi connectivity index (χ1) is 14.3. The maximum atomic E-state index is 12.7. The summed E-state index contributed by atoms with van der Waals surface area (Å²) in [5.41, 5.74) is 2.88. The van der Waals surface area contributed by atoms with E-state index in [0.717, 1.165) is 17.9 Å². The van der Waals surface area contributed by atoms with E-state index < -0.39 is 0 Å². The number of hydrogen-bond acceptors (Lipinski definition) is 2. The highest BCUT2D eigenvalue weighted by Gasteiger charge is 2.17. The molecule has 3 aromatic carbocycles. The van der Waals surface area contributed by atoms with Crippen LogP contribution in [0.2, 0.25) is 0 Å². The van der Waals surface area contributed by atoms with Crippen molar-refractivity contribution in [3.05, 3.63) is 84.4 Å². The molecule has 0 aliphatic heterocycles. The van der Waals surface area contributed by atoms with E-state index >= 15 is 0 Å². The standard InChI is InChI=1S/C26H27NO2/c28-26(27-19-20-9-3-1-4-10-20)24-13-7-8-14-25(24)29-23-17-15-22(16-18-23)21-11-5-2-6-12-21/h2,5-8,11-18,20H,1,3-4,9-10,19H2,(H,27,28). The van der Waals surface area contributed by atoms with E-state index in [2.05, 4.69) is 17.4 Å². The number of carbonyl (C=O) groups is 1. The molecule has 0 aromatic heterocycles. The van der Waals surface area contributed by atoms with Gasteiger partial charge >= 0.3 is 0 Å². The van der Waals surface area contributed by atoms with E-state index in [0.29, 0.717) is 17.2 Å². The molecule has 0 heterocycles. The van der Waals surface area contributed by atoms with Crippen molar-refractivity contribution in [2.24, 2.45) is 5.92 Å². The van der Waals surface area contributed by atoms with Crippen molar-refractivity contribution in [1.29, 1.82) is 0 Å². The second kappa shape index (κ2) is 9.42. The second-order valence-electron chi connectivity index (χ2n) is 7.70. The molecule has 3 aromatic rings. The summed E-state index contributed by atoms with van der Waals surface area (Å²) in [6.45, 7) is 0.749. The maximum Gasteiger partial charge on any atom is 0.255 e. The van der Waals surface area contributed by atoms with Crippen LogP contribution in [-0.2, 0) is 0 Å². The highest BCUT2D eigenvalue weighted by atomic mass is 16.5. The van der Waals surface area contributed by atoms with Crippen LogP contribution in [0.1, 0.15) is 42.5 Å². The van der Waals surface area contributed by atoms with Gasteiger partial charge in [0.05, 0.1) is 5.56 Å². The van der Waals surface area contributed by atoms with Crippen LogP contribution in [-0.4, -0.2) is 12.5 Å². The fraction of sp³-hybridized carbons (Fsp3) is 0.269. The van der Waals surface area contributed by atoms with E-state index in [1.165, 1.54) is 37.7 Å². The highest BCUT2D eigenvalue weighted by Crippen LogP contribution is 2.28. The van der Waals surface area contributed by atoms with E-state index in [4.69, 9.17) is 4.74 Å². The number of para-hydroxylation sites is 1. The SMILES string of the molecule is O=C(NCC1CCCCC1)c1ccccc1Oc1ccc(-c2ccccc2)cc1. The van der Waals surface area contributed by atoms with E-state index in [1.54, 1.807) is 0 Å². The Bertz CT molecular complexity index is 928. The Kier molecular flexibility index (Phi) is 6.25. The highest BCUT2D eigenvalue weighted by molar-refractivity contribution is 5.97. The van der Waals surface area contributed by atoms with Gasteiger partial charge in [-0.1, -0.05) is 73.9 Å². The van der Waals surface area contributed by atoms with Crippen LogP contribution in [0, 0.1) is 5.92 Å². The molecule has 1 aliphatic rings. The van der Waals surface area contributed by atoms with Gasteiger partial charge in [0.1, 0.15) is 11.5 Å². The molecule has 0 atom stereocenters. The number of rotatable bonds is 6. The minimum absolute atomic E-state index is 0.0629. The van der Waals surface area contributed by atoms with Gasteiger partial charge in [-0.2, -0.15) is 0 Å². The molecule has 0 radical (unpaired) electrons. The van der Waals surface area contributed by atoms with Gasteiger partial charge < -0.3 is 10.1 Å². The molecule has 3 heteroatoms. The van der Waals surface area contributed by atoms with Gasteiger partial charge in [0.2, 0.25) is 0 Å². The molecule has 1 saturated carbocycles. The number of amides is 1. The molecule has 4 rings (SSSR count). The summed E-state index contributed by atoms with van der Waals surface area (Å²) in [6, 6.07) is 25.6. The van der Waals surface area contributed by atoms with Gasteiger partial charge in [0, 0.05) is 6.54 Å². The topological polar surface area (TPSA) is 38.3 Å². The fourth-order valence-corrected chi connectivity index (χ4v) is 3.94. The van der Waals surface area contributed by atoms with Gasteiger partial charge in [-0.05, 0) is 54.2 Å². The van der Waals surface area contributed by atoms with Gasteiger partial charge in [0.15, 0.2) is 0 Å². The lowest BCUT2D eigenvalue weighted by molar-refractivity contribution is 0.0941. The van der Waals surface area contributed by atoms with Crippen molar-refractivity contribution >= 4 is 5.91 Å². The summed E-state index contributed by atoms with van der Waals surface area (Å²) in [6.07, 6.45) is 6.31. The lowest BCUT2D eigenvalue weighted by Crippen LogP contribution is -2.30. The minimum atomic E-state index is -0.0629. The van der Waals surface area contributed by atoms with Crippen LogP contribution in [0.3, 0.4) is 0 Å². The van der Waals surface area contributed by atoms with Gasteiger partial charge in [-0.25, -0.2) is 0 Å². The van der Waals surface area contributed by atoms with Crippen molar-refractivity contribution in [1.82, 2.24) is 5.32 Å². The molecule has 148 valence electrons. The third kappa shape index (κ3) is 5.05. The normalized spacial score (nSPS) is 14.3. The van der Waals surface area contributed by atoms with E-state index in [9.17, 15) is 4.79 Å². The first-order valence-electron chi connectivity index (χ1n) is 10.5. The van der Waals surface area contributed by atoms with Gasteiger partial charge in [-0.3, -0.25) is 4.79 Å². The zero-order chi connectivity index (χ0) is 19.9. The van der Waals surface area contributed by atoms with Crippen LogP contribution in [0.25, 0.3) is 11.1 Å². The van der Waals surface area contributed by atoms with Crippen LogP contribution in [0.15, 0.2) is 78.9 Å². The summed E-state index contributed by atoms with van der Waals surface area (Å²) in [7, 11) is 0. The molecule has 1 fully saturated rings. The summed E-state index contributed by atoms with van der Waals surface area (Å²) in [5.74, 6) is 1.84. The Morgan fingerprint density at radius 2 is 1.45 bits per heavy atom. The second-order valence-corrected chi connectivity index (χ2v) is 7.70. The first-order valence-corrected chi connectivity index (χ1v) is 10.5. The molecular formula is C26H27NO2. The molecule has 29 heavy (non-hydrogen) atoms. The summed E-state index contributed by atoms with van der Waals surface area (Å²) < 4.78 is 6.05. The average molecular weight is 386 g/mol. The van der Waals surface area contributed by atoms with Crippen molar-refractivity contribution < 1.29 is 9.53 Å². The summed E-state index contributed by atoms with van der Waals surface area (Å²) in [4.78, 5) is 12.7. The fourth-order valence-electron chi connectivity index (χ4n) is 3.94. The Morgan fingerprint density at radius 3 is 2.21 bits per heavy atom. The van der Waals surface area contributed by atoms with E-state index in [-0.39, 0.29) is 5.91 Å². The number of carbonyl (C=O) groups excluding carboxylic acids is 1. The molecule has 1 amide bonds. The molecule has 1 N–H and O–H groups in total. The Morgan fingerprint density at radius 1 is 0.793 bits per heavy atom. The average Bonchev–Trinajstić information content (AvgIpc) is 2.80. The molecule has 0 spiro atoms. The number of hydrogen-bond donors (Lipinski definition) is 1. The maximum absolute atomic E-state index is 12.7. The minimum Gasteiger partial charge on any atom is -0.457 e. The predicted molar refractivity (Wildman–Crippen MR) is 117 cm³/mol. The van der Waals surface area contributed by atoms with Crippen LogP contribution >= 0.6 is 0 Å². The first kappa shape index (κ1) is 19.3. The number of benzene rings is 3. The molecule has 3 nitrogen and oxygen atoms in total. The summed E-state index contributed by atoms with van der Waals surface area (Å²) >= 11 is 0. The quantitative estimate of drug-likeness (QED) is 0.529. The number of nitrogens with one attached hydrogen (secondary N) is 1. The van der Waals surface area contributed by atoms with Crippen molar-refractivity contribution in [3.63, 3.8) is 0 Å². The van der Waals surface area contributed by atoms with Crippen LogP contribution in [0.4, 0.5) is 0 Å². The molecule has 0 bridgehead atoms. The monoisotopic (exact) mass is 385 g/mol. The zero-order valence-electron chi connectivity index (χ0n) is 16.6. The van der Waals surface area contributed by atoms with Crippen LogP contribution < -0.4 is 10.1 Å². The lowest BCUT2D eigenvalue weighted by Gasteiger charge is -2.22. The zero-order valence-corrected chi connectivity index (χ0v) is 16.6. The molecular weight excluding hydrogens is 358 g/mol. The van der Waals surface area contributed by atoms with Crippen LogP contribution in [0.5, 0.6) is 11.5 Å². The largest absolute Gasteiger partial charge is 0.457 e. The van der Waals surface area contributed by atoms with Crippen molar-refractivity contribution in [2.75, 3.05) is 6.54 Å². The lowest BCUT2D eigenvalue weighted by atomic mass is 9.89. The van der Waals surface area contributed by atoms with Gasteiger partial charge in [0.25, 0.3) is 5.91 Å². The van der Waals surface area contributed by atoms with Crippen molar-refractivity contribution in [3.8, 4) is 22.6 Å². The Balaban J connectivity index is 1.43. The Labute approximate surface area is 172 Å². The number of ether oxygens (including phenoxy) is 1. The van der Waals surface area contributed by atoms with E-state index in [1.807, 2.05) is 66.7 Å². The predicted octanol–water partition coefficient (Wildman–Crippen LogP) is 6.46. The molecule has 0 unspecified atom stereocenters. The summed E-state index contributed by atoms with van der Waals surface area (Å²) in [5, 5.41) is 3.11. The third-order valence-electron chi connectivity index (χ3n) is 5.60. The smallest absolute Gasteiger partial charge is 0.255 e. The van der Waals surface area contributed by atoms with Gasteiger partial charge in [-0.15, -0.1) is 0 Å².